The van der Waals surface area contributed by atoms with Crippen molar-refractivity contribution < 1.29 is 0 Å². The van der Waals surface area contributed by atoms with Crippen LogP contribution < -0.4 is 0 Å². The van der Waals surface area contributed by atoms with E-state index in [2.05, 4.69) is 26.5 Å². The lowest BCUT2D eigenvalue weighted by atomic mass is 10.1. The number of aliphatic imine (C=N–C) groups is 2. The summed E-state index contributed by atoms with van der Waals surface area (Å²) in [4.78, 5) is 20.3. The Hall–Kier alpha value is -1.46. The van der Waals surface area contributed by atoms with Crippen molar-refractivity contribution in [3.63, 3.8) is 0 Å². The summed E-state index contributed by atoms with van der Waals surface area (Å²) in [5.41, 5.74) is 0. The Balaban J connectivity index is 1.59. The summed E-state index contributed by atoms with van der Waals surface area (Å²) in [6.45, 7) is 11.3. The second-order valence-electron chi connectivity index (χ2n) is 8.11. The van der Waals surface area contributed by atoms with Gasteiger partial charge in [-0.15, -0.1) is 0 Å². The molecule has 0 aliphatic carbocycles. The van der Waals surface area contributed by atoms with E-state index < -0.39 is 0 Å². The molecule has 0 N–H and O–H groups in total. The average molecular weight is 361 g/mol. The minimum atomic E-state index is 0.431. The van der Waals surface area contributed by atoms with E-state index in [0.717, 1.165) is 26.2 Å². The van der Waals surface area contributed by atoms with Gasteiger partial charge in [0.2, 0.25) is 0 Å². The lowest BCUT2D eigenvalue weighted by Gasteiger charge is -2.51. The largest absolute Gasteiger partial charge is 0.343 e. The van der Waals surface area contributed by atoms with Crippen LogP contribution in [0.4, 0.5) is 0 Å². The van der Waals surface area contributed by atoms with Gasteiger partial charge in [-0.05, 0) is 38.5 Å². The third-order valence-electron chi connectivity index (χ3n) is 6.20. The van der Waals surface area contributed by atoms with Crippen LogP contribution in [0.3, 0.4) is 0 Å². The Kier molecular flexibility index (Phi) is 5.85. The summed E-state index contributed by atoms with van der Waals surface area (Å²) in [5, 5.41) is 0. The summed E-state index contributed by atoms with van der Waals surface area (Å²) in [6, 6.07) is 0. The summed E-state index contributed by atoms with van der Waals surface area (Å²) in [5.74, 6) is 2.55. The molecule has 0 radical (unpaired) electrons. The van der Waals surface area contributed by atoms with Crippen molar-refractivity contribution in [2.45, 2.75) is 64.5 Å². The van der Waals surface area contributed by atoms with Gasteiger partial charge in [0.05, 0.1) is 0 Å². The van der Waals surface area contributed by atoms with Crippen molar-refractivity contribution >= 4 is 11.9 Å². The van der Waals surface area contributed by atoms with Gasteiger partial charge in [-0.2, -0.15) is 0 Å². The van der Waals surface area contributed by atoms with E-state index in [0.29, 0.717) is 6.17 Å². The molecule has 0 saturated carbocycles. The van der Waals surface area contributed by atoms with Crippen molar-refractivity contribution in [2.24, 2.45) is 9.98 Å². The molecule has 0 aromatic heterocycles. The van der Waals surface area contributed by atoms with E-state index in [9.17, 15) is 0 Å². The molecule has 6 heteroatoms. The average Bonchev–Trinajstić information content (AvgIpc) is 2.71. The lowest BCUT2D eigenvalue weighted by Crippen LogP contribution is -2.64. The highest BCUT2D eigenvalue weighted by Crippen LogP contribution is 2.26. The van der Waals surface area contributed by atoms with Gasteiger partial charge in [-0.1, -0.05) is 19.8 Å². The zero-order valence-corrected chi connectivity index (χ0v) is 16.6. The molecular weight excluding hydrogens is 324 g/mol. The molecular formula is C20H36N6. The molecule has 6 nitrogen and oxygen atoms in total. The van der Waals surface area contributed by atoms with Crippen molar-refractivity contribution in [1.82, 2.24) is 19.6 Å². The molecule has 0 amide bonds. The Morgan fingerprint density at radius 3 is 1.81 bits per heavy atom. The third-order valence-corrected chi connectivity index (χ3v) is 6.20. The summed E-state index contributed by atoms with van der Waals surface area (Å²) < 4.78 is 0. The van der Waals surface area contributed by atoms with Crippen LogP contribution in [0.2, 0.25) is 0 Å². The van der Waals surface area contributed by atoms with Crippen LogP contribution >= 0.6 is 0 Å². The summed E-state index contributed by atoms with van der Waals surface area (Å²) in [6.07, 6.45) is 10.5. The maximum absolute atomic E-state index is 4.97. The fourth-order valence-electron chi connectivity index (χ4n) is 4.94. The van der Waals surface area contributed by atoms with Gasteiger partial charge in [-0.25, -0.2) is 0 Å². The molecule has 0 aromatic carbocycles. The van der Waals surface area contributed by atoms with E-state index in [1.165, 1.54) is 89.5 Å². The van der Waals surface area contributed by atoms with Crippen molar-refractivity contribution in [2.75, 3.05) is 52.4 Å². The van der Waals surface area contributed by atoms with Gasteiger partial charge < -0.3 is 19.6 Å². The molecule has 0 spiro atoms. The van der Waals surface area contributed by atoms with Crippen molar-refractivity contribution in [3.05, 3.63) is 0 Å². The highest BCUT2D eigenvalue weighted by Gasteiger charge is 2.37. The number of guanidine groups is 2. The second-order valence-corrected chi connectivity index (χ2v) is 8.11. The van der Waals surface area contributed by atoms with Gasteiger partial charge in [0.1, 0.15) is 6.17 Å². The molecule has 0 atom stereocenters. The van der Waals surface area contributed by atoms with Gasteiger partial charge in [-0.3, -0.25) is 9.98 Å². The first-order valence-electron chi connectivity index (χ1n) is 11.0. The fourth-order valence-corrected chi connectivity index (χ4v) is 4.94. The predicted octanol–water partition coefficient (Wildman–Crippen LogP) is 2.43. The van der Waals surface area contributed by atoms with Gasteiger partial charge >= 0.3 is 0 Å². The molecule has 2 saturated heterocycles. The molecule has 4 aliphatic heterocycles. The van der Waals surface area contributed by atoms with Gasteiger partial charge in [0.25, 0.3) is 0 Å². The molecule has 0 unspecified atom stereocenters. The molecule has 0 aromatic rings. The minimum Gasteiger partial charge on any atom is -0.343 e. The zero-order valence-electron chi connectivity index (χ0n) is 16.6. The van der Waals surface area contributed by atoms with Crippen LogP contribution in [0.1, 0.15) is 58.3 Å². The first-order valence-corrected chi connectivity index (χ1v) is 11.0. The van der Waals surface area contributed by atoms with Crippen LogP contribution in [0.25, 0.3) is 0 Å². The minimum absolute atomic E-state index is 0.431. The molecule has 26 heavy (non-hydrogen) atoms. The van der Waals surface area contributed by atoms with Crippen LogP contribution in [0.5, 0.6) is 0 Å². The molecule has 4 heterocycles. The Labute approximate surface area is 158 Å². The van der Waals surface area contributed by atoms with Crippen LogP contribution in [-0.2, 0) is 0 Å². The topological polar surface area (TPSA) is 37.7 Å². The normalized spacial score (nSPS) is 23.6. The number of rotatable bonds is 6. The smallest absolute Gasteiger partial charge is 0.198 e. The van der Waals surface area contributed by atoms with E-state index in [1.54, 1.807) is 0 Å². The quantitative estimate of drug-likeness (QED) is 0.682. The summed E-state index contributed by atoms with van der Waals surface area (Å²) in [7, 11) is 0. The monoisotopic (exact) mass is 360 g/mol. The Bertz CT molecular complexity index is 488. The Morgan fingerprint density at radius 1 is 0.731 bits per heavy atom. The van der Waals surface area contributed by atoms with Gasteiger partial charge in [0.15, 0.2) is 11.9 Å². The van der Waals surface area contributed by atoms with Gasteiger partial charge in [0, 0.05) is 52.4 Å². The maximum atomic E-state index is 4.97. The van der Waals surface area contributed by atoms with Crippen molar-refractivity contribution in [3.8, 4) is 0 Å². The standard InChI is InChI=1S/C20H36N6/c1-2-3-4-9-18(25-16-7-14-23-12-5-10-21-19(23)25)26-17-8-15-24-13-6-11-22-20(24)26/h18H,2-17H2,1H3. The number of unbranched alkanes of at least 4 members (excludes halogenated alkanes) is 2. The third kappa shape index (κ3) is 3.65. The molecule has 0 bridgehead atoms. The zero-order chi connectivity index (χ0) is 17.8. The van der Waals surface area contributed by atoms with Crippen LogP contribution in [-0.4, -0.2) is 90.0 Å². The van der Waals surface area contributed by atoms with E-state index in [4.69, 9.17) is 9.98 Å². The molecule has 146 valence electrons. The number of fused-ring (bicyclic) bond motifs is 2. The summed E-state index contributed by atoms with van der Waals surface area (Å²) >= 11 is 0. The number of hydrogen-bond donors (Lipinski definition) is 0. The Morgan fingerprint density at radius 2 is 1.27 bits per heavy atom. The lowest BCUT2D eigenvalue weighted by molar-refractivity contribution is 0.0788. The predicted molar refractivity (Wildman–Crippen MR) is 108 cm³/mol. The maximum Gasteiger partial charge on any atom is 0.198 e. The highest BCUT2D eigenvalue weighted by molar-refractivity contribution is 5.84. The SMILES string of the molecule is CCCCCC(N1CCCN2CCCN=C21)N1CCCN2CCCN=C21. The first-order chi connectivity index (χ1) is 12.9. The van der Waals surface area contributed by atoms with Crippen LogP contribution in [0.15, 0.2) is 9.98 Å². The van der Waals surface area contributed by atoms with Crippen LogP contribution in [0, 0.1) is 0 Å². The van der Waals surface area contributed by atoms with Crippen molar-refractivity contribution in [1.29, 1.82) is 0 Å². The van der Waals surface area contributed by atoms with E-state index in [-0.39, 0.29) is 0 Å². The highest BCUT2D eigenvalue weighted by atomic mass is 15.5. The molecule has 4 aliphatic rings. The molecule has 2 fully saturated rings. The van der Waals surface area contributed by atoms with E-state index >= 15 is 0 Å². The number of nitrogens with zero attached hydrogens (tertiary/aromatic N) is 6. The fraction of sp³-hybridized carbons (Fsp3) is 0.900. The second kappa shape index (κ2) is 8.49. The number of hydrogen-bond acceptors (Lipinski definition) is 6. The first kappa shape index (κ1) is 17.9. The molecule has 4 rings (SSSR count). The van der Waals surface area contributed by atoms with E-state index in [1.807, 2.05) is 0 Å².